The molecule has 6 heteroatoms. The Bertz CT molecular complexity index is 804. The Balaban J connectivity index is 1.86. The molecule has 0 saturated heterocycles. The molecule has 1 unspecified atom stereocenters. The van der Waals surface area contributed by atoms with Gasteiger partial charge in [0, 0.05) is 34.6 Å². The molecule has 0 radical (unpaired) electrons. The van der Waals surface area contributed by atoms with Crippen molar-refractivity contribution < 1.29 is 0 Å². The largest absolute Gasteiger partial charge is 0.293 e. The highest BCUT2D eigenvalue weighted by Gasteiger charge is 2.17. The lowest BCUT2D eigenvalue weighted by Gasteiger charge is -2.22. The predicted octanol–water partition coefficient (Wildman–Crippen LogP) is 3.30. The van der Waals surface area contributed by atoms with E-state index in [4.69, 9.17) is 0 Å². The first-order valence-corrected chi connectivity index (χ1v) is 8.27. The SMILES string of the molecule is Cc1csc(C(C)N(C)Cc2cnn3c(C)cc(C)nc23)n1. The summed E-state index contributed by atoms with van der Waals surface area (Å²) in [6.45, 7) is 9.11. The van der Waals surface area contributed by atoms with Crippen LogP contribution in [0.3, 0.4) is 0 Å². The molecule has 0 spiro atoms. The summed E-state index contributed by atoms with van der Waals surface area (Å²) in [5.41, 5.74) is 5.32. The molecule has 0 bridgehead atoms. The van der Waals surface area contributed by atoms with Crippen LogP contribution in [0.5, 0.6) is 0 Å². The fourth-order valence-electron chi connectivity index (χ4n) is 2.59. The number of aromatic nitrogens is 4. The van der Waals surface area contributed by atoms with Crippen LogP contribution in [0, 0.1) is 20.8 Å². The van der Waals surface area contributed by atoms with Crippen LogP contribution in [0.2, 0.25) is 0 Å². The van der Waals surface area contributed by atoms with Crippen LogP contribution in [-0.4, -0.2) is 31.5 Å². The molecule has 0 aliphatic carbocycles. The normalized spacial score (nSPS) is 13.2. The molecule has 22 heavy (non-hydrogen) atoms. The molecule has 3 aromatic rings. The fourth-order valence-corrected chi connectivity index (χ4v) is 3.50. The van der Waals surface area contributed by atoms with Gasteiger partial charge in [0.2, 0.25) is 0 Å². The first kappa shape index (κ1) is 15.1. The molecule has 0 fully saturated rings. The van der Waals surface area contributed by atoms with E-state index >= 15 is 0 Å². The van der Waals surface area contributed by atoms with E-state index in [9.17, 15) is 0 Å². The van der Waals surface area contributed by atoms with Crippen LogP contribution in [-0.2, 0) is 6.54 Å². The quantitative estimate of drug-likeness (QED) is 0.741. The van der Waals surface area contributed by atoms with E-state index in [1.807, 2.05) is 24.6 Å². The highest BCUT2D eigenvalue weighted by Crippen LogP contribution is 2.24. The second-order valence-corrected chi connectivity index (χ2v) is 6.75. The zero-order valence-corrected chi connectivity index (χ0v) is 14.5. The van der Waals surface area contributed by atoms with Crippen molar-refractivity contribution in [2.45, 2.75) is 40.3 Å². The Hall–Kier alpha value is -1.79. The fraction of sp³-hybridized carbons (Fsp3) is 0.438. The van der Waals surface area contributed by atoms with Crippen molar-refractivity contribution in [3.05, 3.63) is 45.3 Å². The third-order valence-corrected chi connectivity index (χ3v) is 5.06. The average Bonchev–Trinajstić information content (AvgIpc) is 3.05. The van der Waals surface area contributed by atoms with Crippen molar-refractivity contribution in [1.29, 1.82) is 0 Å². The molecule has 0 saturated carbocycles. The number of aryl methyl sites for hydroxylation is 3. The van der Waals surface area contributed by atoms with Crippen LogP contribution >= 0.6 is 11.3 Å². The number of hydrogen-bond acceptors (Lipinski definition) is 5. The minimum absolute atomic E-state index is 0.277. The first-order valence-electron chi connectivity index (χ1n) is 7.39. The van der Waals surface area contributed by atoms with Crippen LogP contribution in [0.1, 0.15) is 40.6 Å². The molecule has 3 heterocycles. The Labute approximate surface area is 134 Å². The molecule has 5 nitrogen and oxygen atoms in total. The predicted molar refractivity (Wildman–Crippen MR) is 89.2 cm³/mol. The zero-order chi connectivity index (χ0) is 15.9. The summed E-state index contributed by atoms with van der Waals surface area (Å²) in [6.07, 6.45) is 1.92. The van der Waals surface area contributed by atoms with Crippen LogP contribution in [0.15, 0.2) is 17.6 Å². The lowest BCUT2D eigenvalue weighted by molar-refractivity contribution is 0.253. The average molecular weight is 315 g/mol. The minimum Gasteiger partial charge on any atom is -0.293 e. The second-order valence-electron chi connectivity index (χ2n) is 5.86. The van der Waals surface area contributed by atoms with Gasteiger partial charge in [-0.05, 0) is 40.8 Å². The molecule has 3 aromatic heterocycles. The first-order chi connectivity index (χ1) is 10.5. The number of rotatable bonds is 4. The molecule has 0 amide bonds. The van der Waals surface area contributed by atoms with Gasteiger partial charge in [-0.1, -0.05) is 0 Å². The highest BCUT2D eigenvalue weighted by molar-refractivity contribution is 7.09. The lowest BCUT2D eigenvalue weighted by atomic mass is 10.2. The molecule has 0 aromatic carbocycles. The van der Waals surface area contributed by atoms with E-state index in [0.29, 0.717) is 0 Å². The summed E-state index contributed by atoms with van der Waals surface area (Å²) in [5.74, 6) is 0. The highest BCUT2D eigenvalue weighted by atomic mass is 32.1. The number of fused-ring (bicyclic) bond motifs is 1. The Kier molecular flexibility index (Phi) is 3.97. The molecule has 1 atom stereocenters. The minimum atomic E-state index is 0.277. The van der Waals surface area contributed by atoms with Crippen molar-refractivity contribution in [2.75, 3.05) is 7.05 Å². The molecule has 3 rings (SSSR count). The molecular formula is C16H21N5S. The van der Waals surface area contributed by atoms with Gasteiger partial charge in [-0.2, -0.15) is 5.10 Å². The Morgan fingerprint density at radius 2 is 2.00 bits per heavy atom. The summed E-state index contributed by atoms with van der Waals surface area (Å²) in [4.78, 5) is 11.5. The van der Waals surface area contributed by atoms with E-state index in [2.05, 4.69) is 52.3 Å². The van der Waals surface area contributed by atoms with E-state index in [0.717, 1.165) is 39.8 Å². The second kappa shape index (κ2) is 5.78. The van der Waals surface area contributed by atoms with Gasteiger partial charge in [0.1, 0.15) is 5.01 Å². The molecule has 0 aliphatic heterocycles. The zero-order valence-electron chi connectivity index (χ0n) is 13.7. The van der Waals surface area contributed by atoms with Crippen molar-refractivity contribution in [2.24, 2.45) is 0 Å². The van der Waals surface area contributed by atoms with Crippen molar-refractivity contribution >= 4 is 17.0 Å². The van der Waals surface area contributed by atoms with Crippen LogP contribution in [0.4, 0.5) is 0 Å². The summed E-state index contributed by atoms with van der Waals surface area (Å²) < 4.78 is 1.91. The van der Waals surface area contributed by atoms with Crippen LogP contribution < -0.4 is 0 Å². The maximum atomic E-state index is 4.65. The number of hydrogen-bond donors (Lipinski definition) is 0. The smallest absolute Gasteiger partial charge is 0.159 e. The lowest BCUT2D eigenvalue weighted by Crippen LogP contribution is -2.22. The van der Waals surface area contributed by atoms with Gasteiger partial charge in [0.15, 0.2) is 5.65 Å². The van der Waals surface area contributed by atoms with Gasteiger partial charge in [-0.15, -0.1) is 11.3 Å². The van der Waals surface area contributed by atoms with Gasteiger partial charge in [0.05, 0.1) is 12.2 Å². The van der Waals surface area contributed by atoms with Gasteiger partial charge >= 0.3 is 0 Å². The summed E-state index contributed by atoms with van der Waals surface area (Å²) in [7, 11) is 2.12. The van der Waals surface area contributed by atoms with Gasteiger partial charge in [-0.3, -0.25) is 4.90 Å². The summed E-state index contributed by atoms with van der Waals surface area (Å²) >= 11 is 1.72. The van der Waals surface area contributed by atoms with Crippen molar-refractivity contribution in [1.82, 2.24) is 24.5 Å². The van der Waals surface area contributed by atoms with E-state index in [-0.39, 0.29) is 6.04 Å². The maximum absolute atomic E-state index is 4.65. The summed E-state index contributed by atoms with van der Waals surface area (Å²) in [6, 6.07) is 2.33. The van der Waals surface area contributed by atoms with E-state index in [1.54, 1.807) is 11.3 Å². The van der Waals surface area contributed by atoms with Gasteiger partial charge in [-0.25, -0.2) is 14.5 Å². The van der Waals surface area contributed by atoms with Crippen LogP contribution in [0.25, 0.3) is 5.65 Å². The summed E-state index contributed by atoms with van der Waals surface area (Å²) in [5, 5.41) is 7.71. The standard InChI is InChI=1S/C16H21N5S/c1-10-6-12(3)21-15(18-10)14(7-17-21)8-20(5)13(4)16-19-11(2)9-22-16/h6-7,9,13H,8H2,1-5H3. The third kappa shape index (κ3) is 2.76. The van der Waals surface area contributed by atoms with Crippen molar-refractivity contribution in [3.63, 3.8) is 0 Å². The van der Waals surface area contributed by atoms with Gasteiger partial charge < -0.3 is 0 Å². The van der Waals surface area contributed by atoms with E-state index < -0.39 is 0 Å². The molecule has 116 valence electrons. The Morgan fingerprint density at radius 1 is 1.23 bits per heavy atom. The number of nitrogens with zero attached hydrogens (tertiary/aromatic N) is 5. The topological polar surface area (TPSA) is 46.3 Å². The number of thiazole rings is 1. The third-order valence-electron chi connectivity index (χ3n) is 3.93. The maximum Gasteiger partial charge on any atom is 0.159 e. The molecular weight excluding hydrogens is 294 g/mol. The van der Waals surface area contributed by atoms with Gasteiger partial charge in [0.25, 0.3) is 0 Å². The monoisotopic (exact) mass is 315 g/mol. The van der Waals surface area contributed by atoms with Crippen molar-refractivity contribution in [3.8, 4) is 0 Å². The molecule has 0 N–H and O–H groups in total. The molecule has 0 aliphatic rings. The Morgan fingerprint density at radius 3 is 2.68 bits per heavy atom. The van der Waals surface area contributed by atoms with E-state index in [1.165, 1.54) is 0 Å².